The summed E-state index contributed by atoms with van der Waals surface area (Å²) in [5.74, 6) is -0.828. The van der Waals surface area contributed by atoms with E-state index in [9.17, 15) is 9.90 Å². The first-order valence-electron chi connectivity index (χ1n) is 6.05. The van der Waals surface area contributed by atoms with Crippen LogP contribution >= 0.6 is 0 Å². The van der Waals surface area contributed by atoms with E-state index in [0.717, 1.165) is 32.4 Å². The summed E-state index contributed by atoms with van der Waals surface area (Å²) in [5.41, 5.74) is 0. The monoisotopic (exact) mass is 235 g/mol. The molecule has 1 aliphatic carbocycles. The molecule has 0 aromatic rings. The van der Waals surface area contributed by atoms with Crippen molar-refractivity contribution in [3.05, 3.63) is 0 Å². The Balaban J connectivity index is 0.00000225. The minimum atomic E-state index is -0.862. The molecule has 0 aliphatic heterocycles. The van der Waals surface area contributed by atoms with Crippen LogP contribution < -0.4 is 34.7 Å². The molecular weight excluding hydrogens is 213 g/mol. The van der Waals surface area contributed by atoms with Gasteiger partial charge in [0.25, 0.3) is 0 Å². The predicted octanol–water partition coefficient (Wildman–Crippen LogP) is -2.11. The fraction of sp³-hybridized carbons (Fsp3) is 0.917. The van der Waals surface area contributed by atoms with Crippen LogP contribution in [-0.4, -0.2) is 30.0 Å². The molecule has 0 amide bonds. The molecule has 0 aromatic carbocycles. The van der Waals surface area contributed by atoms with Crippen molar-refractivity contribution in [1.82, 2.24) is 4.90 Å². The van der Waals surface area contributed by atoms with Crippen molar-refractivity contribution in [2.75, 3.05) is 13.1 Å². The summed E-state index contributed by atoms with van der Waals surface area (Å²) in [7, 11) is 0. The van der Waals surface area contributed by atoms with Crippen molar-refractivity contribution >= 4 is 5.97 Å². The maximum Gasteiger partial charge on any atom is 1.00 e. The van der Waals surface area contributed by atoms with Gasteiger partial charge in [0, 0.05) is 17.9 Å². The van der Waals surface area contributed by atoms with Gasteiger partial charge < -0.3 is 14.8 Å². The quantitative estimate of drug-likeness (QED) is 0.524. The number of hydrogen-bond donors (Lipinski definition) is 0. The van der Waals surface area contributed by atoms with Gasteiger partial charge in [0.15, 0.2) is 0 Å². The molecule has 16 heavy (non-hydrogen) atoms. The summed E-state index contributed by atoms with van der Waals surface area (Å²) >= 11 is 0. The summed E-state index contributed by atoms with van der Waals surface area (Å²) in [6.45, 7) is 8.31. The molecule has 3 nitrogen and oxygen atoms in total. The number of carboxylic acid groups (broad SMARTS) is 1. The number of rotatable bonds is 4. The van der Waals surface area contributed by atoms with Crippen LogP contribution in [0.2, 0.25) is 0 Å². The first-order chi connectivity index (χ1) is 7.10. The van der Waals surface area contributed by atoms with Crippen molar-refractivity contribution in [3.63, 3.8) is 0 Å². The Morgan fingerprint density at radius 3 is 2.31 bits per heavy atom. The van der Waals surface area contributed by atoms with Crippen LogP contribution in [0.5, 0.6) is 0 Å². The zero-order chi connectivity index (χ0) is 11.4. The average molecular weight is 235 g/mol. The van der Waals surface area contributed by atoms with E-state index < -0.39 is 5.97 Å². The van der Waals surface area contributed by atoms with Gasteiger partial charge in [0.05, 0.1) is 0 Å². The average Bonchev–Trinajstić information content (AvgIpc) is 2.21. The molecule has 3 unspecified atom stereocenters. The Labute approximate surface area is 121 Å². The first-order valence-corrected chi connectivity index (χ1v) is 6.05. The number of carbonyl (C=O) groups is 1. The second kappa shape index (κ2) is 7.70. The first kappa shape index (κ1) is 16.4. The van der Waals surface area contributed by atoms with E-state index in [-0.39, 0.29) is 41.4 Å². The molecular formula is C12H22NNaO2. The van der Waals surface area contributed by atoms with Crippen LogP contribution in [0.15, 0.2) is 0 Å². The number of carbonyl (C=O) groups excluding carboxylic acids is 1. The maximum atomic E-state index is 11.0. The third-order valence-corrected chi connectivity index (χ3v) is 3.80. The number of carboxylic acids is 1. The molecule has 1 rings (SSSR count). The Hall–Kier alpha value is 0.430. The Bertz CT molecular complexity index is 219. The van der Waals surface area contributed by atoms with Crippen LogP contribution in [0.25, 0.3) is 0 Å². The third kappa shape index (κ3) is 4.02. The van der Waals surface area contributed by atoms with Gasteiger partial charge in [-0.1, -0.05) is 20.8 Å². The van der Waals surface area contributed by atoms with Crippen molar-refractivity contribution < 1.29 is 39.5 Å². The molecule has 1 saturated carbocycles. The minimum absolute atomic E-state index is 0. The second-order valence-electron chi connectivity index (χ2n) is 4.59. The van der Waals surface area contributed by atoms with Gasteiger partial charge in [-0.25, -0.2) is 0 Å². The van der Waals surface area contributed by atoms with Crippen LogP contribution in [0.1, 0.15) is 40.0 Å². The zero-order valence-corrected chi connectivity index (χ0v) is 13.0. The van der Waals surface area contributed by atoms with E-state index >= 15 is 0 Å². The van der Waals surface area contributed by atoms with Crippen LogP contribution in [0.3, 0.4) is 0 Å². The minimum Gasteiger partial charge on any atom is -0.550 e. The molecule has 0 heterocycles. The standard InChI is InChI=1S/C12H23NO2.Na/c1-4-13(5-2)10-7-6-9(3)11(8-10)12(14)15;/h9-11H,4-8H2,1-3H3,(H,14,15);/q;+1/p-1. The molecule has 0 spiro atoms. The van der Waals surface area contributed by atoms with Crippen LogP contribution in [-0.2, 0) is 4.79 Å². The molecule has 1 fully saturated rings. The smallest absolute Gasteiger partial charge is 0.550 e. The fourth-order valence-corrected chi connectivity index (χ4v) is 2.70. The normalized spacial score (nSPS) is 29.9. The molecule has 0 saturated heterocycles. The Morgan fingerprint density at radius 1 is 1.31 bits per heavy atom. The second-order valence-corrected chi connectivity index (χ2v) is 4.59. The summed E-state index contributed by atoms with van der Waals surface area (Å²) in [5, 5.41) is 11.0. The molecule has 1 aliphatic rings. The van der Waals surface area contributed by atoms with Crippen molar-refractivity contribution in [1.29, 1.82) is 0 Å². The van der Waals surface area contributed by atoms with Crippen molar-refractivity contribution in [2.24, 2.45) is 11.8 Å². The third-order valence-electron chi connectivity index (χ3n) is 3.80. The van der Waals surface area contributed by atoms with Gasteiger partial charge in [-0.3, -0.25) is 0 Å². The molecule has 0 aromatic heterocycles. The largest absolute Gasteiger partial charge is 1.00 e. The molecule has 88 valence electrons. The van der Waals surface area contributed by atoms with Crippen LogP contribution in [0.4, 0.5) is 0 Å². The van der Waals surface area contributed by atoms with E-state index in [4.69, 9.17) is 0 Å². The number of nitrogens with zero attached hydrogens (tertiary/aromatic N) is 1. The molecule has 4 heteroatoms. The molecule has 0 N–H and O–H groups in total. The summed E-state index contributed by atoms with van der Waals surface area (Å²) < 4.78 is 0. The van der Waals surface area contributed by atoms with Gasteiger partial charge in [-0.2, -0.15) is 0 Å². The Kier molecular flexibility index (Phi) is 7.90. The van der Waals surface area contributed by atoms with Gasteiger partial charge in [0.2, 0.25) is 0 Å². The molecule has 3 atom stereocenters. The predicted molar refractivity (Wildman–Crippen MR) is 58.2 cm³/mol. The van der Waals surface area contributed by atoms with E-state index in [2.05, 4.69) is 18.7 Å². The SMILES string of the molecule is CCN(CC)C1CCC(C)C(C(=O)[O-])C1.[Na+]. The molecule has 0 radical (unpaired) electrons. The zero-order valence-electron chi connectivity index (χ0n) is 11.0. The summed E-state index contributed by atoms with van der Waals surface area (Å²) in [6.07, 6.45) is 2.91. The summed E-state index contributed by atoms with van der Waals surface area (Å²) in [4.78, 5) is 13.3. The van der Waals surface area contributed by atoms with Gasteiger partial charge in [0.1, 0.15) is 0 Å². The number of hydrogen-bond acceptors (Lipinski definition) is 3. The Morgan fingerprint density at radius 2 is 1.88 bits per heavy atom. The molecule has 0 bridgehead atoms. The van der Waals surface area contributed by atoms with E-state index in [0.29, 0.717) is 6.04 Å². The fourth-order valence-electron chi connectivity index (χ4n) is 2.70. The van der Waals surface area contributed by atoms with Crippen LogP contribution in [0, 0.1) is 11.8 Å². The van der Waals surface area contributed by atoms with Gasteiger partial charge >= 0.3 is 29.6 Å². The topological polar surface area (TPSA) is 43.4 Å². The van der Waals surface area contributed by atoms with E-state index in [1.54, 1.807) is 0 Å². The maximum absolute atomic E-state index is 11.0. The van der Waals surface area contributed by atoms with Gasteiger partial charge in [-0.05, 0) is 38.3 Å². The van der Waals surface area contributed by atoms with Gasteiger partial charge in [-0.15, -0.1) is 0 Å². The van der Waals surface area contributed by atoms with Crippen molar-refractivity contribution in [2.45, 2.75) is 46.1 Å². The van der Waals surface area contributed by atoms with E-state index in [1.165, 1.54) is 0 Å². The van der Waals surface area contributed by atoms with E-state index in [1.807, 2.05) is 6.92 Å². The number of aliphatic carboxylic acids is 1. The summed E-state index contributed by atoms with van der Waals surface area (Å²) in [6, 6.07) is 0.444. The van der Waals surface area contributed by atoms with Crippen molar-refractivity contribution in [3.8, 4) is 0 Å².